The molecule has 31 heavy (non-hydrogen) atoms. The molecular formula is C22H29BrN4O3S. The molecule has 0 unspecified atom stereocenters. The second-order valence-corrected chi connectivity index (χ2v) is 10.2. The van der Waals surface area contributed by atoms with Gasteiger partial charge in [0.25, 0.3) is 5.91 Å². The number of rotatable bonds is 3. The SMILES string of the molecule is Br.Cc1cnc(N2CCN(C(=O)c3ccc(N4CCCS4(=O)=O)cc3C)CC2)c(C)c1. The summed E-state index contributed by atoms with van der Waals surface area (Å²) in [6.45, 7) is 9.23. The van der Waals surface area contributed by atoms with Crippen LogP contribution in [0.15, 0.2) is 30.5 Å². The van der Waals surface area contributed by atoms with Crippen molar-refractivity contribution in [2.45, 2.75) is 27.2 Å². The van der Waals surface area contributed by atoms with Crippen LogP contribution in [-0.4, -0.2) is 62.7 Å². The molecule has 0 spiro atoms. The summed E-state index contributed by atoms with van der Waals surface area (Å²) in [5.74, 6) is 1.17. The maximum Gasteiger partial charge on any atom is 0.254 e. The van der Waals surface area contributed by atoms with Crippen LogP contribution in [0.4, 0.5) is 11.5 Å². The van der Waals surface area contributed by atoms with E-state index in [1.807, 2.05) is 31.0 Å². The average Bonchev–Trinajstić information content (AvgIpc) is 3.06. The Kier molecular flexibility index (Phi) is 6.95. The monoisotopic (exact) mass is 508 g/mol. The Bertz CT molecular complexity index is 1080. The summed E-state index contributed by atoms with van der Waals surface area (Å²) in [5.41, 5.74) is 4.38. The van der Waals surface area contributed by atoms with Gasteiger partial charge < -0.3 is 9.80 Å². The molecule has 7 nitrogen and oxygen atoms in total. The molecule has 3 heterocycles. The molecule has 0 atom stereocenters. The molecule has 0 saturated carbocycles. The fourth-order valence-electron chi connectivity index (χ4n) is 4.30. The highest BCUT2D eigenvalue weighted by molar-refractivity contribution is 8.93. The number of aryl methyl sites for hydroxylation is 3. The van der Waals surface area contributed by atoms with E-state index in [1.54, 1.807) is 12.1 Å². The zero-order valence-corrected chi connectivity index (χ0v) is 20.7. The number of piperazine rings is 1. The minimum Gasteiger partial charge on any atom is -0.353 e. The van der Waals surface area contributed by atoms with Crippen LogP contribution in [0.25, 0.3) is 0 Å². The number of hydrogen-bond acceptors (Lipinski definition) is 5. The van der Waals surface area contributed by atoms with E-state index in [9.17, 15) is 13.2 Å². The minimum atomic E-state index is -3.22. The molecule has 0 N–H and O–H groups in total. The Morgan fingerprint density at radius 1 is 0.968 bits per heavy atom. The molecule has 0 radical (unpaired) electrons. The van der Waals surface area contributed by atoms with E-state index >= 15 is 0 Å². The van der Waals surface area contributed by atoms with E-state index in [1.165, 1.54) is 4.31 Å². The van der Waals surface area contributed by atoms with Gasteiger partial charge in [-0.25, -0.2) is 13.4 Å². The number of amides is 1. The first-order chi connectivity index (χ1) is 14.3. The third-order valence-electron chi connectivity index (χ3n) is 5.88. The lowest BCUT2D eigenvalue weighted by Crippen LogP contribution is -2.49. The van der Waals surface area contributed by atoms with E-state index in [4.69, 9.17) is 0 Å². The van der Waals surface area contributed by atoms with E-state index in [-0.39, 0.29) is 28.6 Å². The fraction of sp³-hybridized carbons (Fsp3) is 0.455. The molecule has 9 heteroatoms. The second kappa shape index (κ2) is 9.16. The Morgan fingerprint density at radius 3 is 2.26 bits per heavy atom. The normalized spacial score (nSPS) is 18.1. The number of benzene rings is 1. The summed E-state index contributed by atoms with van der Waals surface area (Å²) < 4.78 is 25.8. The third kappa shape index (κ3) is 4.72. The van der Waals surface area contributed by atoms with E-state index < -0.39 is 10.0 Å². The first kappa shape index (κ1) is 23.5. The largest absolute Gasteiger partial charge is 0.353 e. The van der Waals surface area contributed by atoms with Gasteiger partial charge in [0.2, 0.25) is 10.0 Å². The van der Waals surface area contributed by atoms with Gasteiger partial charge in [-0.1, -0.05) is 6.07 Å². The molecule has 2 aromatic rings. The van der Waals surface area contributed by atoms with Gasteiger partial charge in [0, 0.05) is 44.5 Å². The van der Waals surface area contributed by atoms with Crippen LogP contribution in [0.2, 0.25) is 0 Å². The molecular weight excluding hydrogens is 480 g/mol. The lowest BCUT2D eigenvalue weighted by atomic mass is 10.1. The Hall–Kier alpha value is -2.13. The fourth-order valence-corrected chi connectivity index (χ4v) is 5.86. The lowest BCUT2D eigenvalue weighted by Gasteiger charge is -2.36. The van der Waals surface area contributed by atoms with Crippen molar-refractivity contribution in [1.82, 2.24) is 9.88 Å². The van der Waals surface area contributed by atoms with Gasteiger partial charge in [-0.05, 0) is 62.1 Å². The van der Waals surface area contributed by atoms with Crippen LogP contribution in [0, 0.1) is 20.8 Å². The summed E-state index contributed by atoms with van der Waals surface area (Å²) in [7, 11) is -3.22. The Morgan fingerprint density at radius 2 is 1.68 bits per heavy atom. The highest BCUT2D eigenvalue weighted by Gasteiger charge is 2.29. The van der Waals surface area contributed by atoms with E-state index in [0.717, 1.165) is 35.6 Å². The molecule has 0 bridgehead atoms. The number of carbonyl (C=O) groups excluding carboxylic acids is 1. The number of sulfonamides is 1. The maximum atomic E-state index is 13.1. The summed E-state index contributed by atoms with van der Waals surface area (Å²) in [5, 5.41) is 0. The van der Waals surface area contributed by atoms with Gasteiger partial charge in [0.1, 0.15) is 5.82 Å². The van der Waals surface area contributed by atoms with Crippen LogP contribution in [0.1, 0.15) is 33.5 Å². The summed E-state index contributed by atoms with van der Waals surface area (Å²) >= 11 is 0. The van der Waals surface area contributed by atoms with Gasteiger partial charge in [0.05, 0.1) is 11.4 Å². The Balaban J connectivity index is 0.00000272. The standard InChI is InChI=1S/C22H28N4O3S.BrH/c1-16-13-18(3)21(23-15-16)24-8-10-25(11-9-24)22(27)20-6-5-19(14-17(20)2)26-7-4-12-30(26,28)29;/h5-6,13-15H,4,7-12H2,1-3H3;1H. The quantitative estimate of drug-likeness (QED) is 0.636. The number of carbonyl (C=O) groups is 1. The smallest absolute Gasteiger partial charge is 0.254 e. The molecule has 2 fully saturated rings. The Labute approximate surface area is 194 Å². The van der Waals surface area contributed by atoms with E-state index in [0.29, 0.717) is 37.3 Å². The molecule has 1 aromatic heterocycles. The summed E-state index contributed by atoms with van der Waals surface area (Å²) in [4.78, 5) is 21.8. The van der Waals surface area contributed by atoms with Crippen molar-refractivity contribution in [2.75, 3.05) is 47.7 Å². The van der Waals surface area contributed by atoms with E-state index in [2.05, 4.69) is 22.9 Å². The predicted molar refractivity (Wildman–Crippen MR) is 129 cm³/mol. The first-order valence-corrected chi connectivity index (χ1v) is 12.0. The van der Waals surface area contributed by atoms with Crippen LogP contribution < -0.4 is 9.21 Å². The van der Waals surface area contributed by atoms with Crippen LogP contribution in [-0.2, 0) is 10.0 Å². The van der Waals surface area contributed by atoms with Gasteiger partial charge in [-0.2, -0.15) is 0 Å². The van der Waals surface area contributed by atoms with Gasteiger partial charge in [-0.3, -0.25) is 9.10 Å². The molecule has 2 aliphatic heterocycles. The molecule has 2 saturated heterocycles. The first-order valence-electron chi connectivity index (χ1n) is 10.3. The zero-order valence-electron chi connectivity index (χ0n) is 18.2. The third-order valence-corrected chi connectivity index (χ3v) is 7.75. The molecule has 2 aliphatic rings. The van der Waals surface area contributed by atoms with Gasteiger partial charge in [-0.15, -0.1) is 17.0 Å². The topological polar surface area (TPSA) is 73.8 Å². The number of nitrogens with zero attached hydrogens (tertiary/aromatic N) is 4. The molecule has 4 rings (SSSR count). The molecule has 1 amide bonds. The van der Waals surface area contributed by atoms with Gasteiger partial charge >= 0.3 is 0 Å². The van der Waals surface area contributed by atoms with Crippen molar-refractivity contribution in [3.63, 3.8) is 0 Å². The van der Waals surface area contributed by atoms with Crippen LogP contribution in [0.3, 0.4) is 0 Å². The summed E-state index contributed by atoms with van der Waals surface area (Å²) in [6, 6.07) is 7.45. The highest BCUT2D eigenvalue weighted by Crippen LogP contribution is 2.27. The van der Waals surface area contributed by atoms with Crippen molar-refractivity contribution in [2.24, 2.45) is 0 Å². The maximum absolute atomic E-state index is 13.1. The van der Waals surface area contributed by atoms with Crippen molar-refractivity contribution < 1.29 is 13.2 Å². The van der Waals surface area contributed by atoms with Crippen LogP contribution in [0.5, 0.6) is 0 Å². The average molecular weight is 509 g/mol. The molecule has 1 aromatic carbocycles. The zero-order chi connectivity index (χ0) is 21.5. The minimum absolute atomic E-state index is 0. The van der Waals surface area contributed by atoms with Crippen molar-refractivity contribution in [3.8, 4) is 0 Å². The van der Waals surface area contributed by atoms with Crippen molar-refractivity contribution >= 4 is 44.4 Å². The van der Waals surface area contributed by atoms with Gasteiger partial charge in [0.15, 0.2) is 0 Å². The van der Waals surface area contributed by atoms with Crippen LogP contribution >= 0.6 is 17.0 Å². The highest BCUT2D eigenvalue weighted by atomic mass is 79.9. The van der Waals surface area contributed by atoms with Crippen molar-refractivity contribution in [3.05, 3.63) is 52.7 Å². The van der Waals surface area contributed by atoms with Crippen molar-refractivity contribution in [1.29, 1.82) is 0 Å². The second-order valence-electron chi connectivity index (χ2n) is 8.17. The molecule has 0 aliphatic carbocycles. The number of hydrogen-bond donors (Lipinski definition) is 0. The summed E-state index contributed by atoms with van der Waals surface area (Å²) in [6.07, 6.45) is 2.52. The predicted octanol–water partition coefficient (Wildman–Crippen LogP) is 3.09. The number of pyridine rings is 1. The lowest BCUT2D eigenvalue weighted by molar-refractivity contribution is 0.0746. The molecule has 168 valence electrons. The number of anilines is 2. The number of halogens is 1. The number of aromatic nitrogens is 1.